The fraction of sp³-hybridized carbons (Fsp3) is 0.400. The third-order valence-corrected chi connectivity index (χ3v) is 4.85. The van der Waals surface area contributed by atoms with Crippen LogP contribution >= 0.6 is 11.8 Å². The Morgan fingerprint density at radius 3 is 2.83 bits per heavy atom. The van der Waals surface area contributed by atoms with E-state index in [1.807, 2.05) is 30.3 Å². The minimum atomic E-state index is -0.340. The highest BCUT2D eigenvalue weighted by Gasteiger charge is 2.27. The highest BCUT2D eigenvalue weighted by Crippen LogP contribution is 2.21. The maximum Gasteiger partial charge on any atom is 0.233 e. The Kier molecular flexibility index (Phi) is 5.09. The maximum absolute atomic E-state index is 12.4. The van der Waals surface area contributed by atoms with Crippen molar-refractivity contribution in [3.63, 3.8) is 0 Å². The van der Waals surface area contributed by atoms with Crippen molar-refractivity contribution in [2.24, 2.45) is 11.7 Å². The molecule has 126 valence electrons. The van der Waals surface area contributed by atoms with Gasteiger partial charge in [0.15, 0.2) is 0 Å². The Morgan fingerprint density at radius 2 is 2.08 bits per heavy atom. The Hall–Kier alpha value is -2.42. The molecule has 9 heteroatoms. The molecule has 1 aromatic carbocycles. The first kappa shape index (κ1) is 16.4. The number of likely N-dealkylation sites (tertiary alicyclic amines) is 1. The minimum Gasteiger partial charge on any atom is -0.369 e. The summed E-state index contributed by atoms with van der Waals surface area (Å²) in [5, 5.41) is 12.2. The van der Waals surface area contributed by atoms with Gasteiger partial charge in [-0.2, -0.15) is 4.68 Å². The molecule has 0 spiro atoms. The largest absolute Gasteiger partial charge is 0.369 e. The number of hydrogen-bond donors (Lipinski definition) is 1. The second-order valence-corrected chi connectivity index (χ2v) is 6.52. The molecule has 1 saturated heterocycles. The number of thioether (sulfide) groups is 1. The van der Waals surface area contributed by atoms with Gasteiger partial charge < -0.3 is 10.6 Å². The molecule has 1 aromatic heterocycles. The van der Waals surface area contributed by atoms with Gasteiger partial charge in [-0.25, -0.2) is 0 Å². The molecule has 2 amide bonds. The van der Waals surface area contributed by atoms with E-state index in [2.05, 4.69) is 15.5 Å². The van der Waals surface area contributed by atoms with E-state index in [1.54, 1.807) is 9.58 Å². The van der Waals surface area contributed by atoms with E-state index in [0.717, 1.165) is 18.5 Å². The number of para-hydroxylation sites is 1. The van der Waals surface area contributed by atoms with E-state index in [1.165, 1.54) is 11.8 Å². The molecule has 2 heterocycles. The molecule has 0 bridgehead atoms. The summed E-state index contributed by atoms with van der Waals surface area (Å²) in [6, 6.07) is 9.49. The van der Waals surface area contributed by atoms with E-state index in [4.69, 9.17) is 5.73 Å². The van der Waals surface area contributed by atoms with Gasteiger partial charge in [-0.3, -0.25) is 9.59 Å². The van der Waals surface area contributed by atoms with Gasteiger partial charge in [-0.15, -0.1) is 5.10 Å². The molecule has 0 aliphatic carbocycles. The number of carbonyl (C=O) groups is 2. The first-order valence-electron chi connectivity index (χ1n) is 7.69. The Labute approximate surface area is 143 Å². The normalized spacial score (nSPS) is 17.7. The molecule has 2 aromatic rings. The van der Waals surface area contributed by atoms with Crippen LogP contribution in [0.2, 0.25) is 0 Å². The molecule has 1 fully saturated rings. The van der Waals surface area contributed by atoms with Crippen LogP contribution in [0.4, 0.5) is 0 Å². The van der Waals surface area contributed by atoms with Crippen LogP contribution in [0.25, 0.3) is 5.69 Å². The highest BCUT2D eigenvalue weighted by molar-refractivity contribution is 7.99. The van der Waals surface area contributed by atoms with Crippen molar-refractivity contribution in [2.75, 3.05) is 18.8 Å². The predicted octanol–water partition coefficient (Wildman–Crippen LogP) is 0.478. The van der Waals surface area contributed by atoms with Crippen molar-refractivity contribution in [3.05, 3.63) is 30.3 Å². The summed E-state index contributed by atoms with van der Waals surface area (Å²) in [6.07, 6.45) is 1.55. The summed E-state index contributed by atoms with van der Waals surface area (Å²) >= 11 is 1.28. The summed E-state index contributed by atoms with van der Waals surface area (Å²) in [5.41, 5.74) is 6.19. The molecule has 0 radical (unpaired) electrons. The van der Waals surface area contributed by atoms with Crippen LogP contribution in [0.1, 0.15) is 12.8 Å². The first-order chi connectivity index (χ1) is 11.6. The molecule has 1 aliphatic rings. The number of carbonyl (C=O) groups excluding carboxylic acids is 2. The number of nitrogens with zero attached hydrogens (tertiary/aromatic N) is 5. The van der Waals surface area contributed by atoms with Gasteiger partial charge in [0.05, 0.1) is 17.4 Å². The van der Waals surface area contributed by atoms with Crippen LogP contribution in [-0.4, -0.2) is 55.8 Å². The van der Waals surface area contributed by atoms with Crippen LogP contribution in [0.3, 0.4) is 0 Å². The number of rotatable bonds is 5. The van der Waals surface area contributed by atoms with Crippen LogP contribution < -0.4 is 5.73 Å². The van der Waals surface area contributed by atoms with Crippen molar-refractivity contribution in [1.82, 2.24) is 25.1 Å². The standard InChI is InChI=1S/C15H18N6O2S/c16-14(23)11-5-4-8-20(9-11)13(22)10-24-15-17-18-19-21(15)12-6-2-1-3-7-12/h1-3,6-7,11H,4-5,8-10H2,(H2,16,23)/t11-/m1/s1. The molecule has 24 heavy (non-hydrogen) atoms. The molecule has 8 nitrogen and oxygen atoms in total. The third-order valence-electron chi connectivity index (χ3n) is 3.94. The van der Waals surface area contributed by atoms with Crippen molar-refractivity contribution in [1.29, 1.82) is 0 Å². The van der Waals surface area contributed by atoms with Gasteiger partial charge in [-0.05, 0) is 35.4 Å². The fourth-order valence-electron chi connectivity index (χ4n) is 2.65. The van der Waals surface area contributed by atoms with Crippen molar-refractivity contribution >= 4 is 23.6 Å². The van der Waals surface area contributed by atoms with Crippen LogP contribution in [0, 0.1) is 5.92 Å². The average molecular weight is 346 g/mol. The van der Waals surface area contributed by atoms with E-state index in [9.17, 15) is 9.59 Å². The van der Waals surface area contributed by atoms with E-state index in [-0.39, 0.29) is 23.5 Å². The van der Waals surface area contributed by atoms with Gasteiger partial charge in [-0.1, -0.05) is 30.0 Å². The fourth-order valence-corrected chi connectivity index (χ4v) is 3.45. The van der Waals surface area contributed by atoms with E-state index in [0.29, 0.717) is 18.2 Å². The summed E-state index contributed by atoms with van der Waals surface area (Å²) in [4.78, 5) is 25.4. The summed E-state index contributed by atoms with van der Waals surface area (Å²) in [6.45, 7) is 1.06. The molecule has 0 unspecified atom stereocenters. The quantitative estimate of drug-likeness (QED) is 0.789. The summed E-state index contributed by atoms with van der Waals surface area (Å²) in [7, 11) is 0. The molecule has 1 aliphatic heterocycles. The van der Waals surface area contributed by atoms with Crippen molar-refractivity contribution in [2.45, 2.75) is 18.0 Å². The lowest BCUT2D eigenvalue weighted by molar-refractivity contribution is -0.132. The number of benzene rings is 1. The predicted molar refractivity (Wildman–Crippen MR) is 88.4 cm³/mol. The van der Waals surface area contributed by atoms with E-state index < -0.39 is 0 Å². The van der Waals surface area contributed by atoms with Gasteiger partial charge in [0.25, 0.3) is 0 Å². The number of piperidine rings is 1. The van der Waals surface area contributed by atoms with Crippen molar-refractivity contribution < 1.29 is 9.59 Å². The van der Waals surface area contributed by atoms with Crippen LogP contribution in [-0.2, 0) is 9.59 Å². The Balaban J connectivity index is 1.61. The zero-order valence-electron chi connectivity index (χ0n) is 13.0. The maximum atomic E-state index is 12.4. The zero-order chi connectivity index (χ0) is 16.9. The number of tetrazole rings is 1. The van der Waals surface area contributed by atoms with Crippen molar-refractivity contribution in [3.8, 4) is 5.69 Å². The van der Waals surface area contributed by atoms with Gasteiger partial charge in [0.2, 0.25) is 17.0 Å². The van der Waals surface area contributed by atoms with Gasteiger partial charge >= 0.3 is 0 Å². The SMILES string of the molecule is NC(=O)[C@@H]1CCCN(C(=O)CSc2nnnn2-c2ccccc2)C1. The molecule has 0 saturated carbocycles. The third kappa shape index (κ3) is 3.73. The Morgan fingerprint density at radius 1 is 1.29 bits per heavy atom. The lowest BCUT2D eigenvalue weighted by atomic mass is 9.97. The molecular weight excluding hydrogens is 328 g/mol. The second kappa shape index (κ2) is 7.43. The van der Waals surface area contributed by atoms with E-state index >= 15 is 0 Å². The smallest absolute Gasteiger partial charge is 0.233 e. The molecule has 1 atom stereocenters. The zero-order valence-corrected chi connectivity index (χ0v) is 13.9. The minimum absolute atomic E-state index is 0.0337. The lowest BCUT2D eigenvalue weighted by Crippen LogP contribution is -2.44. The Bertz CT molecular complexity index is 720. The van der Waals surface area contributed by atoms with Crippen LogP contribution in [0.15, 0.2) is 35.5 Å². The number of hydrogen-bond acceptors (Lipinski definition) is 6. The summed E-state index contributed by atoms with van der Waals surface area (Å²) < 4.78 is 1.60. The number of aromatic nitrogens is 4. The van der Waals surface area contributed by atoms with Gasteiger partial charge in [0, 0.05) is 13.1 Å². The molecule has 3 rings (SSSR count). The van der Waals surface area contributed by atoms with Crippen LogP contribution in [0.5, 0.6) is 0 Å². The molecule has 2 N–H and O–H groups in total. The molecular formula is C15H18N6O2S. The number of primary amides is 1. The first-order valence-corrected chi connectivity index (χ1v) is 8.67. The summed E-state index contributed by atoms with van der Waals surface area (Å²) in [5.74, 6) is -0.400. The van der Waals surface area contributed by atoms with Gasteiger partial charge in [0.1, 0.15) is 0 Å². The number of amides is 2. The monoisotopic (exact) mass is 346 g/mol. The second-order valence-electron chi connectivity index (χ2n) is 5.58. The lowest BCUT2D eigenvalue weighted by Gasteiger charge is -2.31. The average Bonchev–Trinajstić information content (AvgIpc) is 3.09. The number of nitrogens with two attached hydrogens (primary N) is 1. The highest BCUT2D eigenvalue weighted by atomic mass is 32.2. The topological polar surface area (TPSA) is 107 Å².